The summed E-state index contributed by atoms with van der Waals surface area (Å²) in [5, 5.41) is 0. The van der Waals surface area contributed by atoms with Gasteiger partial charge < -0.3 is 9.57 Å². The van der Waals surface area contributed by atoms with Gasteiger partial charge in [0.25, 0.3) is 0 Å². The van der Waals surface area contributed by atoms with Crippen LogP contribution in [-0.4, -0.2) is 17.1 Å². The lowest BCUT2D eigenvalue weighted by atomic mass is 10.1. The Morgan fingerprint density at radius 3 is 2.10 bits per heavy atom. The molecule has 4 aromatic rings. The monoisotopic (exact) mass is 411 g/mol. The molecule has 0 atom stereocenters. The average molecular weight is 412 g/mol. The minimum atomic E-state index is -0.0743. The molecule has 156 valence electrons. The summed E-state index contributed by atoms with van der Waals surface area (Å²) in [6, 6.07) is 29.7. The molecule has 1 aromatic heterocycles. The van der Waals surface area contributed by atoms with E-state index in [2.05, 4.69) is 12.1 Å². The number of ether oxygens (including phenoxy) is 1. The predicted octanol–water partition coefficient (Wildman–Crippen LogP) is 5.66. The number of aryl methyl sites for hydroxylation is 1. The maximum atomic E-state index is 12.8. The number of carbonyl (C=O) groups is 1. The smallest absolute Gasteiger partial charge is 0.202 e. The summed E-state index contributed by atoms with van der Waals surface area (Å²) >= 11 is 0. The summed E-state index contributed by atoms with van der Waals surface area (Å²) in [6.07, 6.45) is 0. The van der Waals surface area contributed by atoms with Crippen LogP contribution in [0.4, 0.5) is 0 Å². The molecule has 3 aromatic carbocycles. The number of hydrogen-bond acceptors (Lipinski definition) is 3. The first-order chi connectivity index (χ1) is 15.1. The van der Waals surface area contributed by atoms with Crippen LogP contribution < -0.4 is 9.57 Å². The van der Waals surface area contributed by atoms with Gasteiger partial charge in [0, 0.05) is 5.56 Å². The molecule has 0 unspecified atom stereocenters. The first-order valence-electron chi connectivity index (χ1n) is 10.3. The van der Waals surface area contributed by atoms with Crippen molar-refractivity contribution < 1.29 is 14.4 Å². The standard InChI is InChI=1S/C27H25NO3/c1-20-17-26(21(2)28(20)31-18-22-9-5-3-6-10-22)27(29)19-30-25-15-13-24(14-16-25)23-11-7-4-8-12-23/h3-17H,18-19H2,1-2H3. The van der Waals surface area contributed by atoms with Crippen LogP contribution in [0.2, 0.25) is 0 Å². The molecule has 0 saturated heterocycles. The second kappa shape index (κ2) is 9.35. The quantitative estimate of drug-likeness (QED) is 0.351. The Kier molecular flexibility index (Phi) is 6.18. The summed E-state index contributed by atoms with van der Waals surface area (Å²) in [5.74, 6) is 0.594. The molecule has 4 nitrogen and oxygen atoms in total. The Morgan fingerprint density at radius 1 is 0.806 bits per heavy atom. The van der Waals surface area contributed by atoms with E-state index < -0.39 is 0 Å². The molecule has 31 heavy (non-hydrogen) atoms. The minimum Gasteiger partial charge on any atom is -0.485 e. The highest BCUT2D eigenvalue weighted by atomic mass is 16.7. The third kappa shape index (κ3) is 4.86. The maximum Gasteiger partial charge on any atom is 0.202 e. The molecule has 0 amide bonds. The van der Waals surface area contributed by atoms with Crippen molar-refractivity contribution in [3.05, 3.63) is 114 Å². The van der Waals surface area contributed by atoms with Gasteiger partial charge in [-0.3, -0.25) is 4.79 Å². The molecule has 0 saturated carbocycles. The van der Waals surface area contributed by atoms with Crippen molar-refractivity contribution >= 4 is 5.78 Å². The molecule has 4 heteroatoms. The lowest BCUT2D eigenvalue weighted by molar-refractivity contribution is 0.0861. The van der Waals surface area contributed by atoms with Gasteiger partial charge in [-0.25, -0.2) is 0 Å². The molecule has 0 N–H and O–H groups in total. The van der Waals surface area contributed by atoms with Gasteiger partial charge in [-0.1, -0.05) is 72.8 Å². The maximum absolute atomic E-state index is 12.8. The molecule has 0 aliphatic heterocycles. The molecular weight excluding hydrogens is 386 g/mol. The molecular formula is C27H25NO3. The molecule has 0 fully saturated rings. The fraction of sp³-hybridized carbons (Fsp3) is 0.148. The zero-order valence-electron chi connectivity index (χ0n) is 17.7. The Balaban J connectivity index is 1.38. The summed E-state index contributed by atoms with van der Waals surface area (Å²) in [5.41, 5.74) is 5.61. The number of aromatic nitrogens is 1. The van der Waals surface area contributed by atoms with Gasteiger partial charge in [0.1, 0.15) is 12.4 Å². The first-order valence-corrected chi connectivity index (χ1v) is 10.3. The van der Waals surface area contributed by atoms with Crippen LogP contribution in [-0.2, 0) is 6.61 Å². The van der Waals surface area contributed by atoms with Gasteiger partial charge in [0.15, 0.2) is 6.61 Å². The van der Waals surface area contributed by atoms with E-state index in [0.29, 0.717) is 17.9 Å². The van der Waals surface area contributed by atoms with Gasteiger partial charge in [-0.05, 0) is 48.7 Å². The second-order valence-corrected chi connectivity index (χ2v) is 7.44. The molecule has 0 bridgehead atoms. The zero-order chi connectivity index (χ0) is 21.6. The summed E-state index contributed by atoms with van der Waals surface area (Å²) in [6.45, 7) is 4.24. The number of Topliss-reactive ketones (excluding diaryl/α,β-unsaturated/α-hetero) is 1. The summed E-state index contributed by atoms with van der Waals surface area (Å²) in [4.78, 5) is 18.7. The van der Waals surface area contributed by atoms with Crippen molar-refractivity contribution in [1.29, 1.82) is 0 Å². The highest BCUT2D eigenvalue weighted by molar-refractivity contribution is 5.98. The number of benzene rings is 3. The van der Waals surface area contributed by atoms with E-state index in [-0.39, 0.29) is 12.4 Å². The van der Waals surface area contributed by atoms with Crippen LogP contribution in [0.1, 0.15) is 27.3 Å². The number of nitrogens with zero attached hydrogens (tertiary/aromatic N) is 1. The predicted molar refractivity (Wildman–Crippen MR) is 122 cm³/mol. The topological polar surface area (TPSA) is 40.5 Å². The van der Waals surface area contributed by atoms with E-state index in [1.165, 1.54) is 0 Å². The molecule has 0 aliphatic carbocycles. The number of carbonyl (C=O) groups excluding carboxylic acids is 1. The van der Waals surface area contributed by atoms with Gasteiger partial charge in [0.05, 0.1) is 11.4 Å². The van der Waals surface area contributed by atoms with Crippen LogP contribution in [0.5, 0.6) is 5.75 Å². The third-order valence-corrected chi connectivity index (χ3v) is 5.20. The molecule has 0 aliphatic rings. The fourth-order valence-corrected chi connectivity index (χ4v) is 3.54. The van der Waals surface area contributed by atoms with Crippen molar-refractivity contribution in [1.82, 2.24) is 4.73 Å². The van der Waals surface area contributed by atoms with Crippen LogP contribution in [0, 0.1) is 13.8 Å². The Labute approximate surface area is 182 Å². The van der Waals surface area contributed by atoms with Gasteiger partial charge in [-0.15, -0.1) is 0 Å². The zero-order valence-corrected chi connectivity index (χ0v) is 17.7. The number of ketones is 1. The molecule has 1 heterocycles. The van der Waals surface area contributed by atoms with Crippen molar-refractivity contribution in [2.75, 3.05) is 6.61 Å². The van der Waals surface area contributed by atoms with E-state index in [1.807, 2.05) is 92.7 Å². The number of rotatable bonds is 8. The molecule has 0 radical (unpaired) electrons. The lowest BCUT2D eigenvalue weighted by Crippen LogP contribution is -2.16. The number of hydrogen-bond donors (Lipinski definition) is 0. The largest absolute Gasteiger partial charge is 0.485 e. The Morgan fingerprint density at radius 2 is 1.42 bits per heavy atom. The van der Waals surface area contributed by atoms with Crippen LogP contribution in [0.3, 0.4) is 0 Å². The Hall–Kier alpha value is -3.79. The van der Waals surface area contributed by atoms with Crippen molar-refractivity contribution in [2.24, 2.45) is 0 Å². The van der Waals surface area contributed by atoms with Gasteiger partial charge in [-0.2, -0.15) is 4.73 Å². The van der Waals surface area contributed by atoms with E-state index in [0.717, 1.165) is 28.1 Å². The van der Waals surface area contributed by atoms with Gasteiger partial charge in [0.2, 0.25) is 5.78 Å². The van der Waals surface area contributed by atoms with E-state index in [4.69, 9.17) is 9.57 Å². The van der Waals surface area contributed by atoms with Gasteiger partial charge >= 0.3 is 0 Å². The average Bonchev–Trinajstić information content (AvgIpc) is 3.11. The first kappa shape index (κ1) is 20.5. The van der Waals surface area contributed by atoms with Crippen LogP contribution >= 0.6 is 0 Å². The van der Waals surface area contributed by atoms with E-state index >= 15 is 0 Å². The fourth-order valence-electron chi connectivity index (χ4n) is 3.54. The van der Waals surface area contributed by atoms with Crippen molar-refractivity contribution in [2.45, 2.75) is 20.5 Å². The highest BCUT2D eigenvalue weighted by Gasteiger charge is 2.17. The summed E-state index contributed by atoms with van der Waals surface area (Å²) in [7, 11) is 0. The van der Waals surface area contributed by atoms with Crippen molar-refractivity contribution in [3.63, 3.8) is 0 Å². The van der Waals surface area contributed by atoms with E-state index in [9.17, 15) is 4.79 Å². The SMILES string of the molecule is Cc1cc(C(=O)COc2ccc(-c3ccccc3)cc2)c(C)n1OCc1ccccc1. The van der Waals surface area contributed by atoms with Crippen LogP contribution in [0.25, 0.3) is 11.1 Å². The van der Waals surface area contributed by atoms with E-state index in [1.54, 1.807) is 4.73 Å². The Bertz CT molecular complexity index is 1150. The van der Waals surface area contributed by atoms with Crippen LogP contribution in [0.15, 0.2) is 91.0 Å². The lowest BCUT2D eigenvalue weighted by Gasteiger charge is -2.12. The molecule has 0 spiro atoms. The second-order valence-electron chi connectivity index (χ2n) is 7.44. The highest BCUT2D eigenvalue weighted by Crippen LogP contribution is 2.22. The molecule has 4 rings (SSSR count). The normalized spacial score (nSPS) is 10.6. The minimum absolute atomic E-state index is 0.0202. The third-order valence-electron chi connectivity index (χ3n) is 5.20. The van der Waals surface area contributed by atoms with Crippen molar-refractivity contribution in [3.8, 4) is 16.9 Å². The summed E-state index contributed by atoms with van der Waals surface area (Å²) < 4.78 is 7.46.